The summed E-state index contributed by atoms with van der Waals surface area (Å²) in [6.45, 7) is 1.83. The molecule has 10 heteroatoms. The number of aryl methyl sites for hydroxylation is 1. The van der Waals surface area contributed by atoms with E-state index in [9.17, 15) is 22.8 Å². The van der Waals surface area contributed by atoms with Crippen LogP contribution in [0.3, 0.4) is 0 Å². The number of ether oxygens (including phenoxy) is 3. The van der Waals surface area contributed by atoms with Crippen LogP contribution >= 0.6 is 0 Å². The Morgan fingerprint density at radius 3 is 2.45 bits per heavy atom. The fourth-order valence-electron chi connectivity index (χ4n) is 3.78. The van der Waals surface area contributed by atoms with Gasteiger partial charge >= 0.3 is 5.97 Å². The van der Waals surface area contributed by atoms with Crippen molar-refractivity contribution in [2.45, 2.75) is 36.4 Å². The highest BCUT2D eigenvalue weighted by Gasteiger charge is 2.48. The van der Waals surface area contributed by atoms with Gasteiger partial charge < -0.3 is 14.2 Å². The molecule has 172 valence electrons. The van der Waals surface area contributed by atoms with E-state index in [2.05, 4.69) is 0 Å². The van der Waals surface area contributed by atoms with Crippen molar-refractivity contribution in [3.05, 3.63) is 78.0 Å². The average molecular weight is 471 g/mol. The smallest absolute Gasteiger partial charge is 0.355 e. The highest BCUT2D eigenvalue weighted by atomic mass is 32.2. The third-order valence-electron chi connectivity index (χ3n) is 5.53. The molecule has 3 heterocycles. The second-order valence-corrected chi connectivity index (χ2v) is 9.56. The zero-order valence-electron chi connectivity index (χ0n) is 17.9. The Hall–Kier alpha value is -3.66. The molecule has 0 saturated heterocycles. The second-order valence-electron chi connectivity index (χ2n) is 7.75. The Morgan fingerprint density at radius 2 is 1.82 bits per heavy atom. The van der Waals surface area contributed by atoms with Gasteiger partial charge in [-0.2, -0.15) is 0 Å². The first-order chi connectivity index (χ1) is 15.7. The van der Waals surface area contributed by atoms with Gasteiger partial charge in [-0.3, -0.25) is 9.59 Å². The van der Waals surface area contributed by atoms with E-state index in [0.29, 0.717) is 0 Å². The van der Waals surface area contributed by atoms with E-state index < -0.39 is 33.5 Å². The van der Waals surface area contributed by atoms with Crippen LogP contribution in [0.4, 0.5) is 0 Å². The molecule has 2 aliphatic heterocycles. The number of carbonyl (C=O) groups is 3. The molecule has 0 N–H and O–H groups in total. The quantitative estimate of drug-likeness (QED) is 0.611. The van der Waals surface area contributed by atoms with Gasteiger partial charge in [0.2, 0.25) is 5.60 Å². The third-order valence-corrected chi connectivity index (χ3v) is 7.24. The molecule has 0 spiro atoms. The van der Waals surface area contributed by atoms with Crippen LogP contribution in [-0.4, -0.2) is 37.0 Å². The number of hydrogen-bond acceptors (Lipinski definition) is 8. The first-order valence-electron chi connectivity index (χ1n) is 10.0. The lowest BCUT2D eigenvalue weighted by molar-refractivity contribution is -0.168. The molecule has 2 atom stereocenters. The minimum Gasteiger partial charge on any atom is -0.491 e. The molecular weight excluding hydrogens is 450 g/mol. The van der Waals surface area contributed by atoms with Gasteiger partial charge in [-0.05, 0) is 25.1 Å². The summed E-state index contributed by atoms with van der Waals surface area (Å²) < 4.78 is 44.1. The predicted octanol–water partition coefficient (Wildman–Crippen LogP) is 2.45. The van der Waals surface area contributed by atoms with Gasteiger partial charge in [-0.15, -0.1) is 0 Å². The monoisotopic (exact) mass is 471 g/mol. The summed E-state index contributed by atoms with van der Waals surface area (Å²) >= 11 is 0. The number of carbonyl (C=O) groups excluding carboxylic acids is 3. The van der Waals surface area contributed by atoms with Crippen LogP contribution in [0.25, 0.3) is 0 Å². The van der Waals surface area contributed by atoms with Gasteiger partial charge in [0.25, 0.3) is 10.0 Å². The van der Waals surface area contributed by atoms with E-state index in [1.54, 1.807) is 12.1 Å². The first kappa shape index (κ1) is 22.5. The molecule has 33 heavy (non-hydrogen) atoms. The van der Waals surface area contributed by atoms with Gasteiger partial charge in [0, 0.05) is 23.9 Å². The Bertz CT molecular complexity index is 1290. The van der Waals surface area contributed by atoms with Crippen LogP contribution in [0.5, 0.6) is 0 Å². The van der Waals surface area contributed by atoms with Gasteiger partial charge in [-0.25, -0.2) is 17.2 Å². The summed E-state index contributed by atoms with van der Waals surface area (Å²) in [5, 5.41) is 0. The first-order valence-corrected chi connectivity index (χ1v) is 11.5. The molecule has 2 aliphatic rings. The molecule has 0 amide bonds. The van der Waals surface area contributed by atoms with Crippen LogP contribution in [0.15, 0.2) is 66.1 Å². The molecule has 0 fully saturated rings. The summed E-state index contributed by atoms with van der Waals surface area (Å²) in [4.78, 5) is 36.9. The van der Waals surface area contributed by atoms with E-state index >= 15 is 0 Å². The Balaban J connectivity index is 1.92. The van der Waals surface area contributed by atoms with E-state index in [0.717, 1.165) is 22.9 Å². The van der Waals surface area contributed by atoms with Gasteiger partial charge in [0.05, 0.1) is 43.1 Å². The van der Waals surface area contributed by atoms with Crippen LogP contribution in [0.1, 0.15) is 35.8 Å². The molecule has 0 bridgehead atoms. The Morgan fingerprint density at radius 1 is 1.12 bits per heavy atom. The molecule has 4 rings (SSSR count). The number of methoxy groups -OCH3 is 1. The van der Waals surface area contributed by atoms with Crippen LogP contribution in [0, 0.1) is 6.92 Å². The van der Waals surface area contributed by atoms with Crippen molar-refractivity contribution >= 4 is 27.6 Å². The second kappa shape index (κ2) is 8.36. The molecule has 2 unspecified atom stereocenters. The van der Waals surface area contributed by atoms with Crippen LogP contribution in [0.2, 0.25) is 0 Å². The fourth-order valence-corrected chi connectivity index (χ4v) is 5.18. The summed E-state index contributed by atoms with van der Waals surface area (Å²) in [7, 11) is -3.01. The summed E-state index contributed by atoms with van der Waals surface area (Å²) in [5.41, 5.74) is -0.808. The topological polar surface area (TPSA) is 118 Å². The molecule has 9 nitrogen and oxygen atoms in total. The molecule has 1 aromatic carbocycles. The molecule has 1 aromatic heterocycles. The van der Waals surface area contributed by atoms with E-state index in [-0.39, 0.29) is 34.8 Å². The highest BCUT2D eigenvalue weighted by molar-refractivity contribution is 7.90. The number of nitrogens with zero attached hydrogens (tertiary/aromatic N) is 1. The maximum absolute atomic E-state index is 13.6. The molecule has 0 aliphatic carbocycles. The minimum absolute atomic E-state index is 0.00170. The summed E-state index contributed by atoms with van der Waals surface area (Å²) in [6, 6.07) is 7.63. The van der Waals surface area contributed by atoms with E-state index in [1.807, 2.05) is 6.92 Å². The third kappa shape index (κ3) is 3.97. The molecule has 0 saturated carbocycles. The van der Waals surface area contributed by atoms with Gasteiger partial charge in [0.15, 0.2) is 11.6 Å². The van der Waals surface area contributed by atoms with Crippen molar-refractivity contribution < 1.29 is 37.0 Å². The standard InChI is InChI=1S/C23H21NO8S/c1-15-3-5-19(6-4-15)33(28,29)24-14-16(11-20(24)21-12-17(25)7-9-31-21)23(22(27)30-2)13-18(26)8-10-32-23/h3-11,14,21H,12-13H2,1-2H3. The predicted molar refractivity (Wildman–Crippen MR) is 114 cm³/mol. The number of hydrogen-bond donors (Lipinski definition) is 0. The number of esters is 1. The van der Waals surface area contributed by atoms with Crippen LogP contribution in [-0.2, 0) is 44.2 Å². The van der Waals surface area contributed by atoms with Crippen molar-refractivity contribution in [1.29, 1.82) is 0 Å². The average Bonchev–Trinajstić information content (AvgIpc) is 3.26. The van der Waals surface area contributed by atoms with Crippen molar-refractivity contribution in [1.82, 2.24) is 3.97 Å². The Labute approximate surface area is 190 Å². The van der Waals surface area contributed by atoms with Crippen molar-refractivity contribution in [3.63, 3.8) is 0 Å². The maximum atomic E-state index is 13.6. The molecular formula is C23H21NO8S. The lowest BCUT2D eigenvalue weighted by Crippen LogP contribution is -2.42. The minimum atomic E-state index is -4.15. The van der Waals surface area contributed by atoms with Crippen LogP contribution < -0.4 is 0 Å². The number of ketones is 2. The SMILES string of the molecule is COC(=O)C1(c2cc(C3CC(=O)C=CO3)n(S(=O)(=O)c3ccc(C)cc3)c2)CC(=O)C=CO1. The molecule has 0 radical (unpaired) electrons. The largest absolute Gasteiger partial charge is 0.491 e. The maximum Gasteiger partial charge on any atom is 0.355 e. The van der Waals surface area contributed by atoms with Crippen molar-refractivity contribution in [3.8, 4) is 0 Å². The van der Waals surface area contributed by atoms with E-state index in [1.165, 1.54) is 42.8 Å². The van der Waals surface area contributed by atoms with Gasteiger partial charge in [-0.1, -0.05) is 17.7 Å². The number of rotatable bonds is 5. The lowest BCUT2D eigenvalue weighted by Gasteiger charge is -2.30. The number of allylic oxidation sites excluding steroid dienone is 2. The fraction of sp³-hybridized carbons (Fsp3) is 0.261. The van der Waals surface area contributed by atoms with Crippen molar-refractivity contribution in [2.24, 2.45) is 0 Å². The summed E-state index contributed by atoms with van der Waals surface area (Å²) in [6.07, 6.45) is 4.51. The van der Waals surface area contributed by atoms with Crippen molar-refractivity contribution in [2.75, 3.05) is 7.11 Å². The lowest BCUT2D eigenvalue weighted by atomic mass is 9.88. The van der Waals surface area contributed by atoms with E-state index in [4.69, 9.17) is 14.2 Å². The zero-order valence-corrected chi connectivity index (χ0v) is 18.7. The zero-order chi connectivity index (χ0) is 23.8. The highest BCUT2D eigenvalue weighted by Crippen LogP contribution is 2.39. The van der Waals surface area contributed by atoms with Gasteiger partial charge in [0.1, 0.15) is 6.10 Å². The normalized spacial score (nSPS) is 22.5. The summed E-state index contributed by atoms with van der Waals surface area (Å²) in [5.74, 6) is -1.51. The Kier molecular flexibility index (Phi) is 5.71. The molecule has 2 aromatic rings. The number of benzene rings is 1. The number of aromatic nitrogens is 1.